The molecule has 0 atom stereocenters. The van der Waals surface area contributed by atoms with Crippen LogP contribution in [0.4, 0.5) is 5.69 Å². The smallest absolute Gasteiger partial charge is 0.261 e. The van der Waals surface area contributed by atoms with Crippen molar-refractivity contribution in [3.05, 3.63) is 63.1 Å². The maximum atomic E-state index is 12.6. The molecule has 1 N–H and O–H groups in total. The van der Waals surface area contributed by atoms with Gasteiger partial charge in [0.2, 0.25) is 11.8 Å². The van der Waals surface area contributed by atoms with E-state index in [4.69, 9.17) is 23.2 Å². The molecule has 0 saturated heterocycles. The van der Waals surface area contributed by atoms with Crippen molar-refractivity contribution >= 4 is 52.5 Å². The average Bonchev–Trinajstić information content (AvgIpc) is 2.98. The van der Waals surface area contributed by atoms with E-state index in [1.807, 2.05) is 6.92 Å². The van der Waals surface area contributed by atoms with E-state index < -0.39 is 5.91 Å². The van der Waals surface area contributed by atoms with Gasteiger partial charge in [0, 0.05) is 19.5 Å². The predicted octanol–water partition coefficient (Wildman–Crippen LogP) is 4.17. The van der Waals surface area contributed by atoms with Crippen molar-refractivity contribution in [3.63, 3.8) is 0 Å². The highest BCUT2D eigenvalue weighted by Gasteiger charge is 2.35. The highest BCUT2D eigenvalue weighted by molar-refractivity contribution is 6.39. The molecule has 3 rings (SSSR count). The fourth-order valence-corrected chi connectivity index (χ4v) is 3.99. The van der Waals surface area contributed by atoms with E-state index in [-0.39, 0.29) is 37.2 Å². The molecule has 0 radical (unpaired) electrons. The second-order valence-electron chi connectivity index (χ2n) is 7.47. The number of hydrogen-bond acceptors (Lipinski definition) is 4. The second kappa shape index (κ2) is 10.1. The summed E-state index contributed by atoms with van der Waals surface area (Å²) in [5.74, 6) is -1.36. The molecule has 0 aromatic heterocycles. The molecule has 32 heavy (non-hydrogen) atoms. The van der Waals surface area contributed by atoms with Crippen LogP contribution in [0.5, 0.6) is 0 Å². The van der Waals surface area contributed by atoms with E-state index in [1.165, 1.54) is 9.80 Å². The Labute approximate surface area is 196 Å². The fraction of sp³-hybridized carbons (Fsp3) is 0.304. The van der Waals surface area contributed by atoms with Gasteiger partial charge in [-0.05, 0) is 44.5 Å². The Hall–Kier alpha value is -2.90. The SMILES string of the molecule is CCN(CC(=O)Nc1c(Cl)cccc1Cl)C(=O)CCCN1C(=O)c2ccc(C)cc2C1=O. The number of benzene rings is 2. The van der Waals surface area contributed by atoms with Crippen LogP contribution < -0.4 is 5.32 Å². The lowest BCUT2D eigenvalue weighted by molar-refractivity contribution is -0.134. The summed E-state index contributed by atoms with van der Waals surface area (Å²) in [7, 11) is 0. The van der Waals surface area contributed by atoms with Crippen molar-refractivity contribution in [3.8, 4) is 0 Å². The molecule has 0 spiro atoms. The van der Waals surface area contributed by atoms with Crippen LogP contribution in [0.3, 0.4) is 0 Å². The third kappa shape index (κ3) is 5.11. The molecule has 2 aromatic rings. The number of para-hydroxylation sites is 1. The number of rotatable bonds is 8. The molecular weight excluding hydrogens is 453 g/mol. The molecule has 4 amide bonds. The Balaban J connectivity index is 1.53. The molecule has 168 valence electrons. The molecule has 0 saturated carbocycles. The number of hydrogen-bond donors (Lipinski definition) is 1. The first-order valence-electron chi connectivity index (χ1n) is 10.2. The van der Waals surface area contributed by atoms with Crippen molar-refractivity contribution in [1.82, 2.24) is 9.80 Å². The highest BCUT2D eigenvalue weighted by atomic mass is 35.5. The fourth-order valence-electron chi connectivity index (χ4n) is 3.50. The summed E-state index contributed by atoms with van der Waals surface area (Å²) in [6, 6.07) is 10.0. The zero-order valence-electron chi connectivity index (χ0n) is 17.8. The zero-order valence-corrected chi connectivity index (χ0v) is 19.3. The van der Waals surface area contributed by atoms with E-state index in [0.29, 0.717) is 39.8 Å². The number of amides is 4. The summed E-state index contributed by atoms with van der Waals surface area (Å²) in [6.45, 7) is 3.92. The van der Waals surface area contributed by atoms with Crippen LogP contribution in [0, 0.1) is 6.92 Å². The van der Waals surface area contributed by atoms with Gasteiger partial charge in [-0.3, -0.25) is 24.1 Å². The van der Waals surface area contributed by atoms with Crippen molar-refractivity contribution in [1.29, 1.82) is 0 Å². The molecule has 1 aliphatic heterocycles. The minimum Gasteiger partial charge on any atom is -0.334 e. The van der Waals surface area contributed by atoms with Gasteiger partial charge < -0.3 is 10.2 Å². The number of aryl methyl sites for hydroxylation is 1. The van der Waals surface area contributed by atoms with Crippen LogP contribution in [0.2, 0.25) is 10.0 Å². The van der Waals surface area contributed by atoms with Gasteiger partial charge in [-0.25, -0.2) is 0 Å². The van der Waals surface area contributed by atoms with E-state index in [9.17, 15) is 19.2 Å². The van der Waals surface area contributed by atoms with Gasteiger partial charge in [0.1, 0.15) is 0 Å². The first kappa shape index (κ1) is 23.8. The molecule has 2 aromatic carbocycles. The monoisotopic (exact) mass is 475 g/mol. The largest absolute Gasteiger partial charge is 0.334 e. The zero-order chi connectivity index (χ0) is 23.4. The summed E-state index contributed by atoms with van der Waals surface area (Å²) in [5.41, 5.74) is 1.98. The Bertz CT molecular complexity index is 1070. The third-order valence-electron chi connectivity index (χ3n) is 5.19. The first-order chi connectivity index (χ1) is 15.2. The predicted molar refractivity (Wildman–Crippen MR) is 123 cm³/mol. The number of carbonyl (C=O) groups is 4. The molecule has 0 aliphatic carbocycles. The Kier molecular flexibility index (Phi) is 7.53. The molecule has 1 heterocycles. The van der Waals surface area contributed by atoms with E-state index >= 15 is 0 Å². The molecule has 0 unspecified atom stereocenters. The summed E-state index contributed by atoms with van der Waals surface area (Å²) < 4.78 is 0. The number of fused-ring (bicyclic) bond motifs is 1. The number of nitrogens with one attached hydrogen (secondary N) is 1. The van der Waals surface area contributed by atoms with Crippen LogP contribution >= 0.6 is 23.2 Å². The van der Waals surface area contributed by atoms with Crippen LogP contribution in [0.15, 0.2) is 36.4 Å². The first-order valence-corrected chi connectivity index (χ1v) is 11.0. The van der Waals surface area contributed by atoms with E-state index in [2.05, 4.69) is 5.32 Å². The van der Waals surface area contributed by atoms with Gasteiger partial charge >= 0.3 is 0 Å². The Morgan fingerprint density at radius 2 is 1.69 bits per heavy atom. The van der Waals surface area contributed by atoms with Crippen LogP contribution in [-0.2, 0) is 9.59 Å². The topological polar surface area (TPSA) is 86.8 Å². The average molecular weight is 476 g/mol. The van der Waals surface area contributed by atoms with Crippen molar-refractivity contribution in [2.24, 2.45) is 0 Å². The van der Waals surface area contributed by atoms with Gasteiger partial charge in [0.05, 0.1) is 33.4 Å². The third-order valence-corrected chi connectivity index (χ3v) is 5.82. The molecule has 7 nitrogen and oxygen atoms in total. The lowest BCUT2D eigenvalue weighted by Crippen LogP contribution is -2.38. The van der Waals surface area contributed by atoms with Gasteiger partial charge in [0.25, 0.3) is 11.8 Å². The number of likely N-dealkylation sites (N-methyl/N-ethyl adjacent to an activating group) is 1. The van der Waals surface area contributed by atoms with Gasteiger partial charge in [-0.15, -0.1) is 0 Å². The molecule has 0 fully saturated rings. The van der Waals surface area contributed by atoms with Crippen LogP contribution in [-0.4, -0.2) is 53.1 Å². The van der Waals surface area contributed by atoms with E-state index in [1.54, 1.807) is 43.3 Å². The standard InChI is InChI=1S/C23H23Cl2N3O4/c1-3-27(13-19(29)26-21-17(24)6-4-7-18(21)25)20(30)8-5-11-28-22(31)15-10-9-14(2)12-16(15)23(28)32/h4,6-7,9-10,12H,3,5,8,11,13H2,1-2H3,(H,26,29). The van der Waals surface area contributed by atoms with Gasteiger partial charge in [-0.1, -0.05) is 40.9 Å². The maximum Gasteiger partial charge on any atom is 0.261 e. The number of halogens is 2. The lowest BCUT2D eigenvalue weighted by Gasteiger charge is -2.21. The van der Waals surface area contributed by atoms with Crippen LogP contribution in [0.1, 0.15) is 46.0 Å². The summed E-state index contributed by atoms with van der Waals surface area (Å²) in [4.78, 5) is 52.6. The second-order valence-corrected chi connectivity index (χ2v) is 8.28. The molecular formula is C23H23Cl2N3O4. The van der Waals surface area contributed by atoms with Crippen molar-refractivity contribution in [2.45, 2.75) is 26.7 Å². The van der Waals surface area contributed by atoms with Gasteiger partial charge in [0.15, 0.2) is 0 Å². The lowest BCUT2D eigenvalue weighted by atomic mass is 10.1. The minimum atomic E-state index is -0.425. The minimum absolute atomic E-state index is 0.0976. The Morgan fingerprint density at radius 3 is 2.34 bits per heavy atom. The van der Waals surface area contributed by atoms with Crippen LogP contribution in [0.25, 0.3) is 0 Å². The number of anilines is 1. The quantitative estimate of drug-likeness (QED) is 0.580. The summed E-state index contributed by atoms with van der Waals surface area (Å²) in [5, 5.41) is 3.24. The van der Waals surface area contributed by atoms with Crippen molar-refractivity contribution in [2.75, 3.05) is 25.0 Å². The normalized spacial score (nSPS) is 12.7. The van der Waals surface area contributed by atoms with E-state index in [0.717, 1.165) is 5.56 Å². The Morgan fingerprint density at radius 1 is 1.03 bits per heavy atom. The number of imide groups is 1. The summed E-state index contributed by atoms with van der Waals surface area (Å²) >= 11 is 12.1. The highest BCUT2D eigenvalue weighted by Crippen LogP contribution is 2.29. The van der Waals surface area contributed by atoms with Crippen molar-refractivity contribution < 1.29 is 19.2 Å². The maximum absolute atomic E-state index is 12.6. The van der Waals surface area contributed by atoms with Gasteiger partial charge in [-0.2, -0.15) is 0 Å². The molecule has 9 heteroatoms. The summed E-state index contributed by atoms with van der Waals surface area (Å²) in [6.07, 6.45) is 0.401. The molecule has 0 bridgehead atoms. The number of nitrogens with zero attached hydrogens (tertiary/aromatic N) is 2. The number of carbonyl (C=O) groups excluding carboxylic acids is 4. The molecule has 1 aliphatic rings.